The zero-order valence-corrected chi connectivity index (χ0v) is 12.5. The van der Waals surface area contributed by atoms with Crippen molar-refractivity contribution in [2.75, 3.05) is 0 Å². The van der Waals surface area contributed by atoms with Crippen molar-refractivity contribution in [1.29, 1.82) is 0 Å². The Morgan fingerprint density at radius 1 is 1.00 bits per heavy atom. The average Bonchev–Trinajstić information content (AvgIpc) is 3.11. The summed E-state index contributed by atoms with van der Waals surface area (Å²) in [5, 5.41) is 0. The molecule has 3 rings (SSSR count). The largest absolute Gasteiger partial charge is 0.457 e. The van der Waals surface area contributed by atoms with E-state index in [1.807, 2.05) is 0 Å². The molecule has 0 bridgehead atoms. The van der Waals surface area contributed by atoms with E-state index in [4.69, 9.17) is 13.9 Å². The van der Waals surface area contributed by atoms with Crippen molar-refractivity contribution in [3.63, 3.8) is 0 Å². The Labute approximate surface area is 139 Å². The van der Waals surface area contributed by atoms with Gasteiger partial charge in [-0.3, -0.25) is 0 Å². The molecule has 0 unspecified atom stereocenters. The lowest BCUT2D eigenvalue weighted by molar-refractivity contribution is -0.137. The summed E-state index contributed by atoms with van der Waals surface area (Å²) in [6.45, 7) is 0. The second kappa shape index (κ2) is 6.68. The van der Waals surface area contributed by atoms with E-state index < -0.39 is 17.7 Å². The summed E-state index contributed by atoms with van der Waals surface area (Å²) in [5.41, 5.74) is -0.861. The highest BCUT2D eigenvalue weighted by Gasteiger charge is 2.30. The third-order valence-electron chi connectivity index (χ3n) is 3.04. The van der Waals surface area contributed by atoms with Crippen LogP contribution in [0.4, 0.5) is 13.2 Å². The summed E-state index contributed by atoms with van der Waals surface area (Å²) in [4.78, 5) is 15.3. The lowest BCUT2D eigenvalue weighted by Crippen LogP contribution is -2.07. The van der Waals surface area contributed by atoms with E-state index in [0.717, 1.165) is 12.1 Å². The molecule has 3 aromatic rings. The van der Waals surface area contributed by atoms with Gasteiger partial charge in [-0.15, -0.1) is 0 Å². The Hall–Kier alpha value is -3.29. The first-order valence-electron chi connectivity index (χ1n) is 6.99. The van der Waals surface area contributed by atoms with Crippen molar-refractivity contribution in [2.24, 2.45) is 0 Å². The van der Waals surface area contributed by atoms with Crippen molar-refractivity contribution >= 4 is 5.97 Å². The predicted octanol–water partition coefficient (Wildman–Crippen LogP) is 4.70. The van der Waals surface area contributed by atoms with E-state index >= 15 is 0 Å². The Morgan fingerprint density at radius 2 is 1.72 bits per heavy atom. The molecule has 0 fully saturated rings. The van der Waals surface area contributed by atoms with Crippen LogP contribution in [-0.2, 0) is 6.18 Å². The smallest absolute Gasteiger partial charge is 0.417 e. The second-order valence-corrected chi connectivity index (χ2v) is 4.82. The highest BCUT2D eigenvalue weighted by molar-refractivity contribution is 5.88. The van der Waals surface area contributed by atoms with E-state index in [1.165, 1.54) is 36.6 Å². The maximum absolute atomic E-state index is 12.5. The first-order chi connectivity index (χ1) is 11.9. The van der Waals surface area contributed by atoms with Crippen molar-refractivity contribution < 1.29 is 31.9 Å². The van der Waals surface area contributed by atoms with Crippen LogP contribution in [0.5, 0.6) is 17.4 Å². The fraction of sp³-hybridized carbons (Fsp3) is 0.0588. The van der Waals surface area contributed by atoms with E-state index in [2.05, 4.69) is 4.98 Å². The molecular formula is C17H10F3NO4. The van der Waals surface area contributed by atoms with Gasteiger partial charge in [-0.2, -0.15) is 13.2 Å². The summed E-state index contributed by atoms with van der Waals surface area (Å²) < 4.78 is 52.7. The highest BCUT2D eigenvalue weighted by atomic mass is 19.4. The summed E-state index contributed by atoms with van der Waals surface area (Å²) in [6.07, 6.45) is -2.41. The van der Waals surface area contributed by atoms with Gasteiger partial charge in [-0.1, -0.05) is 0 Å². The Morgan fingerprint density at radius 3 is 2.28 bits per heavy atom. The second-order valence-electron chi connectivity index (χ2n) is 4.82. The third kappa shape index (κ3) is 4.17. The number of alkyl halides is 3. The molecule has 5 nitrogen and oxygen atoms in total. The minimum absolute atomic E-state index is 0.00771. The number of ether oxygens (including phenoxy) is 2. The number of furan rings is 1. The quantitative estimate of drug-likeness (QED) is 0.504. The normalized spacial score (nSPS) is 11.2. The zero-order chi connectivity index (χ0) is 17.9. The molecule has 2 aromatic heterocycles. The summed E-state index contributed by atoms with van der Waals surface area (Å²) >= 11 is 0. The molecule has 0 amide bonds. The number of carbonyl (C=O) groups excluding carboxylic acids is 1. The number of benzene rings is 1. The molecule has 25 heavy (non-hydrogen) atoms. The van der Waals surface area contributed by atoms with Gasteiger partial charge in [0.15, 0.2) is 0 Å². The van der Waals surface area contributed by atoms with Gasteiger partial charge in [-0.05, 0) is 42.5 Å². The number of hydrogen-bond donors (Lipinski definition) is 0. The van der Waals surface area contributed by atoms with Crippen LogP contribution in [0.1, 0.15) is 16.1 Å². The number of pyridine rings is 1. The third-order valence-corrected chi connectivity index (χ3v) is 3.04. The minimum atomic E-state index is -4.45. The molecule has 0 N–H and O–H groups in total. The lowest BCUT2D eigenvalue weighted by Gasteiger charge is -2.08. The van der Waals surface area contributed by atoms with Gasteiger partial charge in [0.2, 0.25) is 11.6 Å². The van der Waals surface area contributed by atoms with Gasteiger partial charge in [-0.25, -0.2) is 9.78 Å². The summed E-state index contributed by atoms with van der Waals surface area (Å²) in [7, 11) is 0. The van der Waals surface area contributed by atoms with Gasteiger partial charge in [0, 0.05) is 12.3 Å². The Kier molecular flexibility index (Phi) is 4.42. The molecule has 0 spiro atoms. The molecular weight excluding hydrogens is 339 g/mol. The van der Waals surface area contributed by atoms with Gasteiger partial charge in [0.25, 0.3) is 0 Å². The predicted molar refractivity (Wildman–Crippen MR) is 79.4 cm³/mol. The number of carbonyl (C=O) groups is 1. The van der Waals surface area contributed by atoms with E-state index in [0.29, 0.717) is 11.9 Å². The van der Waals surface area contributed by atoms with Crippen LogP contribution in [0.2, 0.25) is 0 Å². The lowest BCUT2D eigenvalue weighted by atomic mass is 10.3. The summed E-state index contributed by atoms with van der Waals surface area (Å²) in [5.74, 6) is 0.00451. The summed E-state index contributed by atoms with van der Waals surface area (Å²) in [6, 6.07) is 10.9. The Balaban J connectivity index is 1.63. The highest BCUT2D eigenvalue weighted by Crippen LogP contribution is 2.30. The fourth-order valence-corrected chi connectivity index (χ4v) is 1.86. The molecule has 2 heterocycles. The van der Waals surface area contributed by atoms with Crippen LogP contribution in [0, 0.1) is 0 Å². The van der Waals surface area contributed by atoms with E-state index in [9.17, 15) is 18.0 Å². The first kappa shape index (κ1) is 16.6. The van der Waals surface area contributed by atoms with Crippen molar-refractivity contribution in [2.45, 2.75) is 6.18 Å². The zero-order valence-electron chi connectivity index (χ0n) is 12.5. The van der Waals surface area contributed by atoms with Gasteiger partial charge < -0.3 is 13.9 Å². The molecule has 0 atom stereocenters. The number of esters is 1. The molecule has 0 saturated carbocycles. The molecule has 1 aromatic carbocycles. The molecule has 8 heteroatoms. The van der Waals surface area contributed by atoms with Crippen molar-refractivity contribution in [1.82, 2.24) is 4.98 Å². The molecule has 128 valence electrons. The van der Waals surface area contributed by atoms with Crippen LogP contribution in [0.15, 0.2) is 65.4 Å². The monoisotopic (exact) mass is 349 g/mol. The van der Waals surface area contributed by atoms with Crippen molar-refractivity contribution in [3.8, 4) is 17.4 Å². The molecule has 0 saturated heterocycles. The van der Waals surface area contributed by atoms with Gasteiger partial charge in [0.1, 0.15) is 11.5 Å². The van der Waals surface area contributed by atoms with Gasteiger partial charge >= 0.3 is 12.1 Å². The number of rotatable bonds is 4. The number of nitrogens with zero attached hydrogens (tertiary/aromatic N) is 1. The molecule has 0 aliphatic rings. The number of halogens is 3. The maximum atomic E-state index is 12.5. The Bertz CT molecular complexity index is 841. The van der Waals surface area contributed by atoms with Crippen LogP contribution in [0.25, 0.3) is 0 Å². The number of aromatic nitrogens is 1. The average molecular weight is 349 g/mol. The molecule has 0 aliphatic carbocycles. The SMILES string of the molecule is O=C(Oc1ccc(Oc2ccc(C(F)(F)F)cn2)cc1)c1ccco1. The number of hydrogen-bond acceptors (Lipinski definition) is 5. The van der Waals surface area contributed by atoms with E-state index in [1.54, 1.807) is 6.07 Å². The van der Waals surface area contributed by atoms with Crippen molar-refractivity contribution in [3.05, 3.63) is 72.3 Å². The first-order valence-corrected chi connectivity index (χ1v) is 6.99. The topological polar surface area (TPSA) is 61.6 Å². The minimum Gasteiger partial charge on any atom is -0.457 e. The van der Waals surface area contributed by atoms with Crippen LogP contribution in [-0.4, -0.2) is 11.0 Å². The van der Waals surface area contributed by atoms with Gasteiger partial charge in [0.05, 0.1) is 11.8 Å². The maximum Gasteiger partial charge on any atom is 0.417 e. The molecule has 0 radical (unpaired) electrons. The standard InChI is InChI=1S/C17H10F3NO4/c18-17(19,20)11-3-8-15(21-10-11)24-12-4-6-13(7-5-12)25-16(22)14-2-1-9-23-14/h1-10H. The van der Waals surface area contributed by atoms with E-state index in [-0.39, 0.29) is 17.4 Å². The fourth-order valence-electron chi connectivity index (χ4n) is 1.86. The van der Waals surface area contributed by atoms with Crippen LogP contribution in [0.3, 0.4) is 0 Å². The van der Waals surface area contributed by atoms with Crippen LogP contribution >= 0.6 is 0 Å². The van der Waals surface area contributed by atoms with Crippen LogP contribution < -0.4 is 9.47 Å². The molecule has 0 aliphatic heterocycles.